The summed E-state index contributed by atoms with van der Waals surface area (Å²) in [5.74, 6) is 0. The van der Waals surface area contributed by atoms with E-state index in [9.17, 15) is 5.11 Å². The van der Waals surface area contributed by atoms with Crippen molar-refractivity contribution in [1.29, 1.82) is 0 Å². The Morgan fingerprint density at radius 3 is 2.60 bits per heavy atom. The van der Waals surface area contributed by atoms with Gasteiger partial charge in [0.05, 0.1) is 17.6 Å². The molecule has 3 rings (SSSR count). The molecule has 102 valence electrons. The number of benzene rings is 2. The highest BCUT2D eigenvalue weighted by molar-refractivity contribution is 6.31. The summed E-state index contributed by atoms with van der Waals surface area (Å²) in [5, 5.41) is 9.74. The molecule has 0 radical (unpaired) electrons. The first-order chi connectivity index (χ1) is 9.60. The molecule has 2 aromatic carbocycles. The summed E-state index contributed by atoms with van der Waals surface area (Å²) in [7, 11) is 0. The number of fused-ring (bicyclic) bond motifs is 1. The van der Waals surface area contributed by atoms with Gasteiger partial charge in [-0.05, 0) is 54.8 Å². The molecule has 3 nitrogen and oxygen atoms in total. The van der Waals surface area contributed by atoms with Gasteiger partial charge >= 0.3 is 0 Å². The predicted molar refractivity (Wildman–Crippen MR) is 81.5 cm³/mol. The Morgan fingerprint density at radius 1 is 1.15 bits per heavy atom. The number of hydrogen-bond donors (Lipinski definition) is 1. The zero-order chi connectivity index (χ0) is 14.3. The van der Waals surface area contributed by atoms with E-state index in [0.29, 0.717) is 5.02 Å². The quantitative estimate of drug-likeness (QED) is 0.778. The SMILES string of the molecule is Cc1cc2ncn(-c3ccc(CO)c(Cl)c3)c2cc1C. The van der Waals surface area contributed by atoms with Gasteiger partial charge in [-0.25, -0.2) is 4.98 Å². The van der Waals surface area contributed by atoms with Crippen molar-refractivity contribution in [3.63, 3.8) is 0 Å². The molecule has 0 atom stereocenters. The molecular formula is C16H15ClN2O. The van der Waals surface area contributed by atoms with Crippen LogP contribution in [0.15, 0.2) is 36.7 Å². The Hall–Kier alpha value is -1.84. The van der Waals surface area contributed by atoms with Crippen molar-refractivity contribution in [2.75, 3.05) is 0 Å². The molecule has 1 heterocycles. The van der Waals surface area contributed by atoms with Crippen molar-refractivity contribution in [1.82, 2.24) is 9.55 Å². The second kappa shape index (κ2) is 4.93. The molecule has 0 aliphatic heterocycles. The molecule has 20 heavy (non-hydrogen) atoms. The molecule has 4 heteroatoms. The number of imidazole rings is 1. The van der Waals surface area contributed by atoms with Gasteiger partial charge in [0, 0.05) is 10.7 Å². The lowest BCUT2D eigenvalue weighted by Crippen LogP contribution is -1.94. The monoisotopic (exact) mass is 286 g/mol. The van der Waals surface area contributed by atoms with Crippen LogP contribution in [0.1, 0.15) is 16.7 Å². The van der Waals surface area contributed by atoms with Crippen LogP contribution < -0.4 is 0 Å². The fourth-order valence-corrected chi connectivity index (χ4v) is 2.52. The molecule has 3 aromatic rings. The maximum absolute atomic E-state index is 9.17. The maximum Gasteiger partial charge on any atom is 0.100 e. The van der Waals surface area contributed by atoms with Crippen LogP contribution in [0.25, 0.3) is 16.7 Å². The summed E-state index contributed by atoms with van der Waals surface area (Å²) in [5.41, 5.74) is 6.16. The largest absolute Gasteiger partial charge is 0.392 e. The van der Waals surface area contributed by atoms with Gasteiger partial charge in [0.2, 0.25) is 0 Å². The van der Waals surface area contributed by atoms with E-state index in [-0.39, 0.29) is 6.61 Å². The van der Waals surface area contributed by atoms with Crippen molar-refractivity contribution in [3.8, 4) is 5.69 Å². The first-order valence-corrected chi connectivity index (χ1v) is 6.82. The maximum atomic E-state index is 9.17. The van der Waals surface area contributed by atoms with Gasteiger partial charge in [-0.1, -0.05) is 17.7 Å². The molecular weight excluding hydrogens is 272 g/mol. The van der Waals surface area contributed by atoms with Crippen LogP contribution in [0.2, 0.25) is 5.02 Å². The van der Waals surface area contributed by atoms with Gasteiger partial charge in [-0.15, -0.1) is 0 Å². The molecule has 0 spiro atoms. The van der Waals surface area contributed by atoms with Crippen molar-refractivity contribution in [3.05, 3.63) is 58.4 Å². The first kappa shape index (κ1) is 13.2. The molecule has 1 N–H and O–H groups in total. The van der Waals surface area contributed by atoms with Crippen molar-refractivity contribution in [2.45, 2.75) is 20.5 Å². The average molecular weight is 287 g/mol. The summed E-state index contributed by atoms with van der Waals surface area (Å²) < 4.78 is 2.01. The Labute approximate surface area is 122 Å². The number of nitrogens with zero attached hydrogens (tertiary/aromatic N) is 2. The number of aromatic nitrogens is 2. The Bertz CT molecular complexity index is 793. The van der Waals surface area contributed by atoms with Crippen molar-refractivity contribution >= 4 is 22.6 Å². The van der Waals surface area contributed by atoms with Gasteiger partial charge in [-0.3, -0.25) is 4.57 Å². The smallest absolute Gasteiger partial charge is 0.100 e. The number of hydrogen-bond acceptors (Lipinski definition) is 2. The minimum atomic E-state index is -0.0535. The lowest BCUT2D eigenvalue weighted by molar-refractivity contribution is 0.282. The lowest BCUT2D eigenvalue weighted by Gasteiger charge is -2.08. The van der Waals surface area contributed by atoms with Gasteiger partial charge in [-0.2, -0.15) is 0 Å². The molecule has 0 aliphatic rings. The number of aliphatic hydroxyl groups is 1. The fraction of sp³-hybridized carbons (Fsp3) is 0.188. The fourth-order valence-electron chi connectivity index (χ4n) is 2.28. The molecule has 0 bridgehead atoms. The molecule has 0 amide bonds. The van der Waals surface area contributed by atoms with E-state index in [1.54, 1.807) is 6.33 Å². The summed E-state index contributed by atoms with van der Waals surface area (Å²) in [6.45, 7) is 4.12. The van der Waals surface area contributed by atoms with E-state index in [1.807, 2.05) is 22.8 Å². The summed E-state index contributed by atoms with van der Waals surface area (Å²) in [6.07, 6.45) is 1.80. The third-order valence-electron chi connectivity index (χ3n) is 3.65. The highest BCUT2D eigenvalue weighted by Gasteiger charge is 2.08. The number of halogens is 1. The number of aryl methyl sites for hydroxylation is 2. The van der Waals surface area contributed by atoms with E-state index < -0.39 is 0 Å². The number of aliphatic hydroxyl groups excluding tert-OH is 1. The van der Waals surface area contributed by atoms with Crippen LogP contribution in [0.5, 0.6) is 0 Å². The molecule has 1 aromatic heterocycles. The minimum Gasteiger partial charge on any atom is -0.392 e. The lowest BCUT2D eigenvalue weighted by atomic mass is 10.1. The van der Waals surface area contributed by atoms with E-state index in [0.717, 1.165) is 22.3 Å². The zero-order valence-corrected chi connectivity index (χ0v) is 12.1. The average Bonchev–Trinajstić information content (AvgIpc) is 2.82. The second-order valence-corrected chi connectivity index (χ2v) is 5.38. The highest BCUT2D eigenvalue weighted by atomic mass is 35.5. The van der Waals surface area contributed by atoms with Crippen molar-refractivity contribution in [2.24, 2.45) is 0 Å². The van der Waals surface area contributed by atoms with Crippen LogP contribution in [0, 0.1) is 13.8 Å². The standard InChI is InChI=1S/C16H15ClN2O/c1-10-5-15-16(6-11(10)2)19(9-18-15)13-4-3-12(8-20)14(17)7-13/h3-7,9,20H,8H2,1-2H3. The molecule has 0 fully saturated rings. The summed E-state index contributed by atoms with van der Waals surface area (Å²) in [4.78, 5) is 4.44. The Kier molecular flexibility index (Phi) is 3.24. The van der Waals surface area contributed by atoms with Crippen LogP contribution in [0.4, 0.5) is 0 Å². The van der Waals surface area contributed by atoms with Gasteiger partial charge in [0.15, 0.2) is 0 Å². The third kappa shape index (κ3) is 2.09. The summed E-state index contributed by atoms with van der Waals surface area (Å²) >= 11 is 6.16. The van der Waals surface area contributed by atoms with Crippen LogP contribution in [-0.4, -0.2) is 14.7 Å². The zero-order valence-electron chi connectivity index (χ0n) is 11.4. The second-order valence-electron chi connectivity index (χ2n) is 4.97. The van der Waals surface area contributed by atoms with Crippen LogP contribution >= 0.6 is 11.6 Å². The first-order valence-electron chi connectivity index (χ1n) is 6.44. The highest BCUT2D eigenvalue weighted by Crippen LogP contribution is 2.25. The molecule has 0 aliphatic carbocycles. The van der Waals surface area contributed by atoms with E-state index >= 15 is 0 Å². The summed E-state index contributed by atoms with van der Waals surface area (Å²) in [6, 6.07) is 9.85. The van der Waals surface area contributed by atoms with E-state index in [1.165, 1.54) is 11.1 Å². The Morgan fingerprint density at radius 2 is 1.90 bits per heavy atom. The normalized spacial score (nSPS) is 11.2. The van der Waals surface area contributed by atoms with Gasteiger partial charge in [0.25, 0.3) is 0 Å². The number of rotatable bonds is 2. The van der Waals surface area contributed by atoms with Crippen LogP contribution in [-0.2, 0) is 6.61 Å². The van der Waals surface area contributed by atoms with E-state index in [2.05, 4.69) is 31.0 Å². The molecule has 0 saturated heterocycles. The minimum absolute atomic E-state index is 0.0535. The molecule has 0 saturated carbocycles. The van der Waals surface area contributed by atoms with Crippen molar-refractivity contribution < 1.29 is 5.11 Å². The van der Waals surface area contributed by atoms with Gasteiger partial charge in [0.1, 0.15) is 6.33 Å². The van der Waals surface area contributed by atoms with Gasteiger partial charge < -0.3 is 5.11 Å². The third-order valence-corrected chi connectivity index (χ3v) is 4.00. The van der Waals surface area contributed by atoms with E-state index in [4.69, 9.17) is 11.6 Å². The molecule has 0 unspecified atom stereocenters. The predicted octanol–water partition coefficient (Wildman–Crippen LogP) is 3.79. The van der Waals surface area contributed by atoms with Crippen LogP contribution in [0.3, 0.4) is 0 Å². The Balaban J connectivity index is 2.19. The topological polar surface area (TPSA) is 38.0 Å².